The van der Waals surface area contributed by atoms with Gasteiger partial charge in [0.1, 0.15) is 11.0 Å². The molecule has 0 radical (unpaired) electrons. The predicted octanol–water partition coefficient (Wildman–Crippen LogP) is 3.72. The number of aromatic nitrogens is 1. The molecule has 0 bridgehead atoms. The molecule has 3 aromatic rings. The van der Waals surface area contributed by atoms with E-state index in [0.29, 0.717) is 5.56 Å². The van der Waals surface area contributed by atoms with E-state index >= 15 is 0 Å². The fourth-order valence-electron chi connectivity index (χ4n) is 2.88. The van der Waals surface area contributed by atoms with Gasteiger partial charge in [-0.25, -0.2) is 8.42 Å². The zero-order valence-corrected chi connectivity index (χ0v) is 13.8. The maximum atomic E-state index is 11.6. The fourth-order valence-corrected chi connectivity index (χ4v) is 3.39. The van der Waals surface area contributed by atoms with Gasteiger partial charge >= 0.3 is 0 Å². The van der Waals surface area contributed by atoms with Crippen LogP contribution in [0.25, 0.3) is 27.9 Å². The first-order chi connectivity index (χ1) is 11.0. The summed E-state index contributed by atoms with van der Waals surface area (Å²) in [5.41, 5.74) is 2.96. The van der Waals surface area contributed by atoms with E-state index in [1.165, 1.54) is 6.08 Å². The van der Waals surface area contributed by atoms with Crippen molar-refractivity contribution in [1.29, 1.82) is 5.26 Å². The van der Waals surface area contributed by atoms with Crippen LogP contribution >= 0.6 is 0 Å². The lowest BCUT2D eigenvalue weighted by Gasteiger charge is -2.03. The van der Waals surface area contributed by atoms with E-state index in [4.69, 9.17) is 5.26 Å². The lowest BCUT2D eigenvalue weighted by Crippen LogP contribution is -1.98. The molecule has 0 aliphatic rings. The largest absolute Gasteiger partial charge is 0.341 e. The van der Waals surface area contributed by atoms with E-state index in [0.717, 1.165) is 34.6 Å². The maximum absolute atomic E-state index is 11.6. The van der Waals surface area contributed by atoms with E-state index in [1.807, 2.05) is 30.3 Å². The molecule has 3 rings (SSSR count). The van der Waals surface area contributed by atoms with Crippen LogP contribution in [0.4, 0.5) is 0 Å². The summed E-state index contributed by atoms with van der Waals surface area (Å²) in [6.45, 7) is 2.95. The number of hydrogen-bond donors (Lipinski definition) is 0. The van der Waals surface area contributed by atoms with E-state index in [1.54, 1.807) is 6.07 Å². The number of nitrogens with zero attached hydrogens (tertiary/aromatic N) is 2. The number of fused-ring (bicyclic) bond motifs is 3. The third-order valence-electron chi connectivity index (χ3n) is 3.92. The molecule has 0 unspecified atom stereocenters. The fraction of sp³-hybridized carbons (Fsp3) is 0.167. The number of allylic oxidation sites excluding steroid dienone is 1. The Kier molecular flexibility index (Phi) is 3.70. The highest BCUT2D eigenvalue weighted by molar-refractivity contribution is 7.95. The van der Waals surface area contributed by atoms with Gasteiger partial charge in [0.15, 0.2) is 9.84 Å². The number of para-hydroxylation sites is 1. The van der Waals surface area contributed by atoms with Crippen molar-refractivity contribution >= 4 is 37.7 Å². The van der Waals surface area contributed by atoms with Gasteiger partial charge in [-0.15, -0.1) is 0 Å². The van der Waals surface area contributed by atoms with Crippen molar-refractivity contribution in [2.75, 3.05) is 6.26 Å². The highest BCUT2D eigenvalue weighted by atomic mass is 32.2. The predicted molar refractivity (Wildman–Crippen MR) is 93.6 cm³/mol. The molecular formula is C18H16N2O2S. The summed E-state index contributed by atoms with van der Waals surface area (Å²) in [7, 11) is -3.51. The second-order valence-electron chi connectivity index (χ2n) is 5.43. The van der Waals surface area contributed by atoms with Crippen molar-refractivity contribution in [2.24, 2.45) is 0 Å². The molecule has 0 saturated heterocycles. The van der Waals surface area contributed by atoms with Crippen molar-refractivity contribution in [3.8, 4) is 6.07 Å². The van der Waals surface area contributed by atoms with Crippen LogP contribution in [0.1, 0.15) is 12.5 Å². The van der Waals surface area contributed by atoms with Crippen LogP contribution in [0.5, 0.6) is 0 Å². The monoisotopic (exact) mass is 324 g/mol. The van der Waals surface area contributed by atoms with Crippen LogP contribution in [0.2, 0.25) is 0 Å². The first kappa shape index (κ1) is 15.3. The van der Waals surface area contributed by atoms with Gasteiger partial charge in [-0.1, -0.05) is 24.3 Å². The average molecular weight is 324 g/mol. The van der Waals surface area contributed by atoms with Crippen LogP contribution in [-0.2, 0) is 16.4 Å². The summed E-state index contributed by atoms with van der Waals surface area (Å²) in [5.74, 6) is 0. The molecular weight excluding hydrogens is 308 g/mol. The number of hydrogen-bond acceptors (Lipinski definition) is 3. The van der Waals surface area contributed by atoms with Gasteiger partial charge in [-0.05, 0) is 36.8 Å². The van der Waals surface area contributed by atoms with Crippen LogP contribution in [0, 0.1) is 11.3 Å². The Morgan fingerprint density at radius 1 is 1.17 bits per heavy atom. The minimum atomic E-state index is -3.51. The van der Waals surface area contributed by atoms with Crippen molar-refractivity contribution in [2.45, 2.75) is 13.5 Å². The molecule has 0 aliphatic carbocycles. The average Bonchev–Trinajstić information content (AvgIpc) is 2.84. The van der Waals surface area contributed by atoms with Gasteiger partial charge in [0, 0.05) is 34.6 Å². The molecule has 116 valence electrons. The number of aryl methyl sites for hydroxylation is 1. The number of nitriles is 1. The molecule has 1 aromatic heterocycles. The highest BCUT2D eigenvalue weighted by Gasteiger charge is 2.12. The molecule has 0 aliphatic heterocycles. The van der Waals surface area contributed by atoms with Crippen LogP contribution in [0.15, 0.2) is 47.4 Å². The van der Waals surface area contributed by atoms with Crippen molar-refractivity contribution < 1.29 is 8.42 Å². The molecule has 0 N–H and O–H groups in total. The Hall–Kier alpha value is -2.58. The first-order valence-corrected chi connectivity index (χ1v) is 9.17. The Morgan fingerprint density at radius 2 is 1.87 bits per heavy atom. The normalized spacial score (nSPS) is 12.7. The standard InChI is InChI=1S/C18H16N2O2S/c1-3-20-17-7-5-4-6-15(17)16-11-13(8-9-18(16)20)10-14(12-19)23(2,21)22/h4-11H,3H2,1-2H3. The molecule has 0 atom stereocenters. The summed E-state index contributed by atoms with van der Waals surface area (Å²) < 4.78 is 25.4. The molecule has 4 nitrogen and oxygen atoms in total. The van der Waals surface area contributed by atoms with Crippen molar-refractivity contribution in [3.05, 3.63) is 52.9 Å². The molecule has 0 amide bonds. The molecule has 0 spiro atoms. The Bertz CT molecular complexity index is 1080. The summed E-state index contributed by atoms with van der Waals surface area (Å²) >= 11 is 0. The van der Waals surface area contributed by atoms with Gasteiger partial charge in [0.2, 0.25) is 0 Å². The molecule has 23 heavy (non-hydrogen) atoms. The lowest BCUT2D eigenvalue weighted by molar-refractivity contribution is 0.609. The number of rotatable bonds is 3. The van der Waals surface area contributed by atoms with E-state index in [-0.39, 0.29) is 4.91 Å². The zero-order valence-electron chi connectivity index (χ0n) is 12.9. The van der Waals surface area contributed by atoms with E-state index in [2.05, 4.69) is 23.6 Å². The number of sulfone groups is 1. The minimum absolute atomic E-state index is 0.226. The summed E-state index contributed by atoms with van der Waals surface area (Å²) in [6, 6.07) is 15.6. The van der Waals surface area contributed by atoms with Crippen LogP contribution < -0.4 is 0 Å². The molecule has 5 heteroatoms. The summed E-state index contributed by atoms with van der Waals surface area (Å²) in [6.07, 6.45) is 2.47. The van der Waals surface area contributed by atoms with Crippen LogP contribution in [0.3, 0.4) is 0 Å². The van der Waals surface area contributed by atoms with Gasteiger partial charge in [-0.3, -0.25) is 0 Å². The third kappa shape index (κ3) is 2.62. The summed E-state index contributed by atoms with van der Waals surface area (Å²) in [4.78, 5) is -0.226. The van der Waals surface area contributed by atoms with Crippen molar-refractivity contribution in [1.82, 2.24) is 4.57 Å². The SMILES string of the molecule is CCn1c2ccccc2c2cc(C=C(C#N)S(C)(=O)=O)ccc21. The highest BCUT2D eigenvalue weighted by Crippen LogP contribution is 2.30. The third-order valence-corrected chi connectivity index (χ3v) is 4.93. The quantitative estimate of drug-likeness (QED) is 0.690. The maximum Gasteiger partial charge on any atom is 0.185 e. The minimum Gasteiger partial charge on any atom is -0.341 e. The Morgan fingerprint density at radius 3 is 2.52 bits per heavy atom. The van der Waals surface area contributed by atoms with E-state index < -0.39 is 9.84 Å². The van der Waals surface area contributed by atoms with Gasteiger partial charge < -0.3 is 4.57 Å². The molecule has 0 saturated carbocycles. The lowest BCUT2D eigenvalue weighted by atomic mass is 10.1. The van der Waals surface area contributed by atoms with Gasteiger partial charge in [0.05, 0.1) is 0 Å². The summed E-state index contributed by atoms with van der Waals surface area (Å²) in [5, 5.41) is 11.2. The molecule has 0 fully saturated rings. The van der Waals surface area contributed by atoms with E-state index in [9.17, 15) is 8.42 Å². The number of benzene rings is 2. The first-order valence-electron chi connectivity index (χ1n) is 7.28. The van der Waals surface area contributed by atoms with Crippen molar-refractivity contribution in [3.63, 3.8) is 0 Å². The Labute approximate surface area is 135 Å². The second-order valence-corrected chi connectivity index (χ2v) is 7.41. The zero-order chi connectivity index (χ0) is 16.6. The topological polar surface area (TPSA) is 62.9 Å². The molecule has 1 heterocycles. The molecule has 2 aromatic carbocycles. The van der Waals surface area contributed by atoms with Gasteiger partial charge in [-0.2, -0.15) is 5.26 Å². The smallest absolute Gasteiger partial charge is 0.185 e. The Balaban J connectivity index is 2.30. The second kappa shape index (κ2) is 5.56. The van der Waals surface area contributed by atoms with Gasteiger partial charge in [0.25, 0.3) is 0 Å². The van der Waals surface area contributed by atoms with Crippen LogP contribution in [-0.4, -0.2) is 19.2 Å².